The van der Waals surface area contributed by atoms with E-state index in [9.17, 15) is 24.3 Å². The highest BCUT2D eigenvalue weighted by Crippen LogP contribution is 2.25. The first-order valence-corrected chi connectivity index (χ1v) is 7.66. The number of imide groups is 1. The second-order valence-electron chi connectivity index (χ2n) is 5.84. The van der Waals surface area contributed by atoms with Crippen LogP contribution in [0.5, 0.6) is 0 Å². The van der Waals surface area contributed by atoms with Crippen molar-refractivity contribution in [1.29, 1.82) is 0 Å². The predicted octanol–water partition coefficient (Wildman–Crippen LogP) is 0.890. The second kappa shape index (κ2) is 7.16. The van der Waals surface area contributed by atoms with Crippen molar-refractivity contribution < 1.29 is 24.3 Å². The van der Waals surface area contributed by atoms with Gasteiger partial charge in [0.2, 0.25) is 0 Å². The standard InChI is InChI=1S/C17H19N3O5/c1-3-4-8-12(14(22)23)18-13(21)10-6-5-7-11(9-10)17(2)15(24)19-16(25)20-17/h3,5-7,9,12H,1,4,8H2,2H3,(H,18,21)(H,22,23)(H2,19,20,24,25). The van der Waals surface area contributed by atoms with E-state index < -0.39 is 35.4 Å². The summed E-state index contributed by atoms with van der Waals surface area (Å²) in [5, 5.41) is 16.3. The molecule has 1 aliphatic rings. The number of carbonyl (C=O) groups is 4. The molecule has 1 heterocycles. The van der Waals surface area contributed by atoms with Gasteiger partial charge in [0.25, 0.3) is 11.8 Å². The van der Waals surface area contributed by atoms with Gasteiger partial charge in [0, 0.05) is 5.56 Å². The zero-order valence-electron chi connectivity index (χ0n) is 13.7. The molecule has 2 unspecified atom stereocenters. The molecule has 132 valence electrons. The number of rotatable bonds is 7. The van der Waals surface area contributed by atoms with Crippen LogP contribution in [0.15, 0.2) is 36.9 Å². The Bertz CT molecular complexity index is 746. The van der Waals surface area contributed by atoms with Crippen LogP contribution in [0.3, 0.4) is 0 Å². The fraction of sp³-hybridized carbons (Fsp3) is 0.294. The second-order valence-corrected chi connectivity index (χ2v) is 5.84. The Labute approximate surface area is 144 Å². The van der Waals surface area contributed by atoms with E-state index in [0.29, 0.717) is 12.0 Å². The van der Waals surface area contributed by atoms with Gasteiger partial charge >= 0.3 is 12.0 Å². The first-order valence-electron chi connectivity index (χ1n) is 7.66. The highest BCUT2D eigenvalue weighted by atomic mass is 16.4. The number of allylic oxidation sites excluding steroid dienone is 1. The van der Waals surface area contributed by atoms with Gasteiger partial charge in [-0.05, 0) is 37.5 Å². The Balaban J connectivity index is 2.21. The van der Waals surface area contributed by atoms with E-state index in [1.165, 1.54) is 19.1 Å². The Morgan fingerprint density at radius 2 is 2.12 bits per heavy atom. The quantitative estimate of drug-likeness (QED) is 0.431. The molecule has 1 aromatic rings. The zero-order chi connectivity index (χ0) is 18.6. The van der Waals surface area contributed by atoms with Crippen molar-refractivity contribution in [2.24, 2.45) is 0 Å². The number of amides is 4. The summed E-state index contributed by atoms with van der Waals surface area (Å²) < 4.78 is 0. The van der Waals surface area contributed by atoms with Crippen LogP contribution in [-0.2, 0) is 15.1 Å². The van der Waals surface area contributed by atoms with E-state index in [-0.39, 0.29) is 12.0 Å². The van der Waals surface area contributed by atoms with Gasteiger partial charge in [0.15, 0.2) is 0 Å². The van der Waals surface area contributed by atoms with E-state index in [4.69, 9.17) is 0 Å². The summed E-state index contributed by atoms with van der Waals surface area (Å²) in [6, 6.07) is 4.47. The van der Waals surface area contributed by atoms with Crippen molar-refractivity contribution in [2.75, 3.05) is 0 Å². The van der Waals surface area contributed by atoms with Gasteiger partial charge in [-0.3, -0.25) is 14.9 Å². The van der Waals surface area contributed by atoms with Gasteiger partial charge in [0.1, 0.15) is 11.6 Å². The SMILES string of the molecule is C=CCCC(NC(=O)c1cccc(C2(C)NC(=O)NC2=O)c1)C(=O)O. The Hall–Kier alpha value is -3.16. The summed E-state index contributed by atoms with van der Waals surface area (Å²) >= 11 is 0. The summed E-state index contributed by atoms with van der Waals surface area (Å²) in [6.07, 6.45) is 2.24. The number of carbonyl (C=O) groups excluding carboxylic acids is 3. The maximum atomic E-state index is 12.4. The maximum Gasteiger partial charge on any atom is 0.326 e. The van der Waals surface area contributed by atoms with Gasteiger partial charge in [-0.25, -0.2) is 9.59 Å². The van der Waals surface area contributed by atoms with E-state index in [1.807, 2.05) is 0 Å². The molecule has 8 nitrogen and oxygen atoms in total. The first kappa shape index (κ1) is 18.2. The number of aliphatic carboxylic acids is 1. The predicted molar refractivity (Wildman–Crippen MR) is 88.8 cm³/mol. The molecule has 2 atom stereocenters. The molecule has 4 N–H and O–H groups in total. The van der Waals surface area contributed by atoms with Crippen LogP contribution in [-0.4, -0.2) is 35.0 Å². The lowest BCUT2D eigenvalue weighted by Crippen LogP contribution is -2.42. The van der Waals surface area contributed by atoms with Crippen LogP contribution in [0.4, 0.5) is 4.79 Å². The van der Waals surface area contributed by atoms with Gasteiger partial charge in [-0.2, -0.15) is 0 Å². The molecule has 1 aliphatic heterocycles. The van der Waals surface area contributed by atoms with Gasteiger partial charge in [0.05, 0.1) is 0 Å². The minimum atomic E-state index is -1.29. The van der Waals surface area contributed by atoms with E-state index in [1.54, 1.807) is 18.2 Å². The molecule has 0 radical (unpaired) electrons. The third kappa shape index (κ3) is 3.85. The van der Waals surface area contributed by atoms with Crippen molar-refractivity contribution in [2.45, 2.75) is 31.3 Å². The monoisotopic (exact) mass is 345 g/mol. The smallest absolute Gasteiger partial charge is 0.326 e. The summed E-state index contributed by atoms with van der Waals surface area (Å²) in [4.78, 5) is 47.0. The number of nitrogens with one attached hydrogen (secondary N) is 3. The average Bonchev–Trinajstić information content (AvgIpc) is 2.84. The highest BCUT2D eigenvalue weighted by molar-refractivity contribution is 6.07. The third-order valence-electron chi connectivity index (χ3n) is 4.01. The first-order chi connectivity index (χ1) is 11.8. The van der Waals surface area contributed by atoms with Crippen molar-refractivity contribution in [3.63, 3.8) is 0 Å². The minimum Gasteiger partial charge on any atom is -0.480 e. The van der Waals surface area contributed by atoms with Crippen LogP contribution in [0.2, 0.25) is 0 Å². The minimum absolute atomic E-state index is 0.192. The summed E-state index contributed by atoms with van der Waals surface area (Å²) in [5.74, 6) is -2.24. The highest BCUT2D eigenvalue weighted by Gasteiger charge is 2.43. The number of hydrogen-bond acceptors (Lipinski definition) is 4. The molecule has 1 aromatic carbocycles. The summed E-state index contributed by atoms with van der Waals surface area (Å²) in [5.41, 5.74) is -0.679. The molecule has 0 aliphatic carbocycles. The third-order valence-corrected chi connectivity index (χ3v) is 4.01. The van der Waals surface area contributed by atoms with Gasteiger partial charge in [-0.1, -0.05) is 18.2 Å². The van der Waals surface area contributed by atoms with Crippen molar-refractivity contribution in [3.05, 3.63) is 48.0 Å². The molecule has 0 bridgehead atoms. The molecule has 8 heteroatoms. The number of carboxylic acid groups (broad SMARTS) is 1. The molecule has 0 spiro atoms. The van der Waals surface area contributed by atoms with Gasteiger partial charge in [-0.15, -0.1) is 6.58 Å². The topological polar surface area (TPSA) is 125 Å². The molecule has 25 heavy (non-hydrogen) atoms. The molecule has 2 rings (SSSR count). The average molecular weight is 345 g/mol. The molecular weight excluding hydrogens is 326 g/mol. The van der Waals surface area contributed by atoms with E-state index in [2.05, 4.69) is 22.5 Å². The van der Waals surface area contributed by atoms with Crippen LogP contribution < -0.4 is 16.0 Å². The summed E-state index contributed by atoms with van der Waals surface area (Å²) in [7, 11) is 0. The van der Waals surface area contributed by atoms with Crippen molar-refractivity contribution >= 4 is 23.8 Å². The van der Waals surface area contributed by atoms with Gasteiger partial charge < -0.3 is 15.7 Å². The lowest BCUT2D eigenvalue weighted by atomic mass is 9.91. The number of benzene rings is 1. The molecule has 1 fully saturated rings. The van der Waals surface area contributed by atoms with Crippen molar-refractivity contribution in [3.8, 4) is 0 Å². The summed E-state index contributed by atoms with van der Waals surface area (Å²) in [6.45, 7) is 5.05. The molecule has 0 saturated carbocycles. The maximum absolute atomic E-state index is 12.4. The normalized spacial score (nSPS) is 20.4. The molecule has 0 aromatic heterocycles. The van der Waals surface area contributed by atoms with E-state index in [0.717, 1.165) is 0 Å². The Morgan fingerprint density at radius 1 is 1.40 bits per heavy atom. The van der Waals surface area contributed by atoms with Crippen LogP contribution >= 0.6 is 0 Å². The fourth-order valence-corrected chi connectivity index (χ4v) is 2.50. The Kier molecular flexibility index (Phi) is 5.21. The number of carboxylic acids is 1. The van der Waals surface area contributed by atoms with Crippen LogP contribution in [0.1, 0.15) is 35.7 Å². The molecule has 1 saturated heterocycles. The molecular formula is C17H19N3O5. The van der Waals surface area contributed by atoms with Crippen LogP contribution in [0, 0.1) is 0 Å². The lowest BCUT2D eigenvalue weighted by Gasteiger charge is -2.22. The van der Waals surface area contributed by atoms with Crippen molar-refractivity contribution in [1.82, 2.24) is 16.0 Å². The van der Waals surface area contributed by atoms with E-state index >= 15 is 0 Å². The fourth-order valence-electron chi connectivity index (χ4n) is 2.50. The Morgan fingerprint density at radius 3 is 2.68 bits per heavy atom. The largest absolute Gasteiger partial charge is 0.480 e. The molecule has 4 amide bonds. The number of urea groups is 1. The zero-order valence-corrected chi connectivity index (χ0v) is 13.7. The number of hydrogen-bond donors (Lipinski definition) is 4. The van der Waals surface area contributed by atoms with Crippen LogP contribution in [0.25, 0.3) is 0 Å². The lowest BCUT2D eigenvalue weighted by molar-refractivity contribution is -0.139.